The fourth-order valence-corrected chi connectivity index (χ4v) is 4.90. The Bertz CT molecular complexity index is 1290. The molecule has 166 valence electrons. The monoisotopic (exact) mass is 462 g/mol. The number of rotatable bonds is 3. The van der Waals surface area contributed by atoms with E-state index in [9.17, 15) is 17.6 Å². The van der Waals surface area contributed by atoms with Crippen LogP contribution >= 0.6 is 11.3 Å². The molecule has 11 heteroatoms. The van der Waals surface area contributed by atoms with E-state index in [1.165, 1.54) is 0 Å². The molecule has 1 fully saturated rings. The molecule has 0 bridgehead atoms. The number of hydrogen-bond acceptors (Lipinski definition) is 6. The number of nitrogens with two attached hydrogens (primary N) is 1. The summed E-state index contributed by atoms with van der Waals surface area (Å²) in [6.07, 6.45) is 2.53. The van der Waals surface area contributed by atoms with Gasteiger partial charge in [0.15, 0.2) is 0 Å². The summed E-state index contributed by atoms with van der Waals surface area (Å²) < 4.78 is 56.1. The van der Waals surface area contributed by atoms with Gasteiger partial charge in [0.1, 0.15) is 16.6 Å². The number of alkyl halides is 3. The number of pyridine rings is 1. The Morgan fingerprint density at radius 2 is 1.91 bits per heavy atom. The molecule has 1 aliphatic heterocycles. The van der Waals surface area contributed by atoms with Crippen LogP contribution in [0.4, 0.5) is 23.4 Å². The molecule has 0 amide bonds. The minimum Gasteiger partial charge on any atom is -0.383 e. The Morgan fingerprint density at radius 3 is 2.66 bits per heavy atom. The quantitative estimate of drug-likeness (QED) is 0.424. The summed E-state index contributed by atoms with van der Waals surface area (Å²) in [6, 6.07) is 3.52. The van der Waals surface area contributed by atoms with E-state index in [1.807, 2.05) is 10.9 Å². The number of nitrogen functional groups attached to an aromatic ring is 1. The second kappa shape index (κ2) is 7.82. The third-order valence-corrected chi connectivity index (χ3v) is 6.66. The van der Waals surface area contributed by atoms with Crippen molar-refractivity contribution in [2.45, 2.75) is 25.1 Å². The van der Waals surface area contributed by atoms with Gasteiger partial charge in [0.05, 0.1) is 33.6 Å². The van der Waals surface area contributed by atoms with Crippen LogP contribution in [-0.4, -0.2) is 32.8 Å². The predicted molar refractivity (Wildman–Crippen MR) is 115 cm³/mol. The van der Waals surface area contributed by atoms with Crippen LogP contribution in [0.2, 0.25) is 0 Å². The maximum absolute atomic E-state index is 14.2. The third-order valence-electron chi connectivity index (χ3n) is 5.57. The number of piperidine rings is 1. The first kappa shape index (κ1) is 20.8. The average molecular weight is 462 g/mol. The minimum absolute atomic E-state index is 0.104. The van der Waals surface area contributed by atoms with Gasteiger partial charge in [0.25, 0.3) is 0 Å². The zero-order valence-electron chi connectivity index (χ0n) is 16.7. The van der Waals surface area contributed by atoms with Crippen LogP contribution < -0.4 is 11.1 Å². The molecular weight excluding hydrogens is 444 g/mol. The molecule has 0 aliphatic carbocycles. The lowest BCUT2D eigenvalue weighted by atomic mass is 10.1. The first-order chi connectivity index (χ1) is 15.3. The molecule has 1 aromatic carbocycles. The SMILES string of the molecule is Nc1ncc(-c2cnn(C3CCNCC3)c2)cc1-c1nc2c(C(F)(F)F)ccc(F)c2s1. The van der Waals surface area contributed by atoms with Crippen LogP contribution in [0.1, 0.15) is 24.4 Å². The molecule has 4 aromatic rings. The van der Waals surface area contributed by atoms with Gasteiger partial charge in [-0.25, -0.2) is 14.4 Å². The molecule has 5 rings (SSSR count). The third kappa shape index (κ3) is 3.71. The molecule has 0 atom stereocenters. The number of hydrogen-bond donors (Lipinski definition) is 2. The number of halogens is 4. The molecule has 0 spiro atoms. The number of anilines is 1. The van der Waals surface area contributed by atoms with Gasteiger partial charge in [-0.2, -0.15) is 18.3 Å². The zero-order valence-corrected chi connectivity index (χ0v) is 17.5. The highest BCUT2D eigenvalue weighted by Gasteiger charge is 2.35. The van der Waals surface area contributed by atoms with Gasteiger partial charge in [0.2, 0.25) is 0 Å². The van der Waals surface area contributed by atoms with Crippen molar-refractivity contribution in [3.63, 3.8) is 0 Å². The van der Waals surface area contributed by atoms with Gasteiger partial charge in [-0.1, -0.05) is 0 Å². The van der Waals surface area contributed by atoms with E-state index in [-0.39, 0.29) is 15.5 Å². The maximum atomic E-state index is 14.2. The molecule has 3 N–H and O–H groups in total. The molecule has 0 radical (unpaired) electrons. The Labute approximate surface area is 184 Å². The van der Waals surface area contributed by atoms with Crippen molar-refractivity contribution in [2.24, 2.45) is 0 Å². The van der Waals surface area contributed by atoms with Gasteiger partial charge in [-0.3, -0.25) is 4.68 Å². The Morgan fingerprint density at radius 1 is 1.12 bits per heavy atom. The van der Waals surface area contributed by atoms with Crippen LogP contribution in [0.5, 0.6) is 0 Å². The number of benzene rings is 1. The summed E-state index contributed by atoms with van der Waals surface area (Å²) in [5, 5.41) is 7.96. The van der Waals surface area contributed by atoms with Crippen molar-refractivity contribution in [3.8, 4) is 21.7 Å². The van der Waals surface area contributed by atoms with Crippen LogP contribution in [0.15, 0.2) is 36.8 Å². The summed E-state index contributed by atoms with van der Waals surface area (Å²) in [4.78, 5) is 8.29. The van der Waals surface area contributed by atoms with Gasteiger partial charge >= 0.3 is 6.18 Å². The van der Waals surface area contributed by atoms with E-state index in [4.69, 9.17) is 5.73 Å². The van der Waals surface area contributed by atoms with Crippen molar-refractivity contribution in [1.29, 1.82) is 0 Å². The lowest BCUT2D eigenvalue weighted by Crippen LogP contribution is -2.29. The smallest absolute Gasteiger partial charge is 0.383 e. The minimum atomic E-state index is -4.65. The number of fused-ring (bicyclic) bond motifs is 1. The fourth-order valence-electron chi connectivity index (χ4n) is 3.88. The molecule has 4 heterocycles. The highest BCUT2D eigenvalue weighted by Crippen LogP contribution is 2.41. The fraction of sp³-hybridized carbons (Fsp3) is 0.286. The predicted octanol–water partition coefficient (Wildman–Crippen LogP) is 4.89. The van der Waals surface area contributed by atoms with Crippen molar-refractivity contribution in [3.05, 3.63) is 48.2 Å². The molecule has 3 aromatic heterocycles. The Balaban J connectivity index is 1.56. The normalized spacial score (nSPS) is 15.5. The summed E-state index contributed by atoms with van der Waals surface area (Å²) in [5.41, 5.74) is 6.46. The van der Waals surface area contributed by atoms with E-state index in [1.54, 1.807) is 18.5 Å². The Kier molecular flexibility index (Phi) is 5.09. The summed E-state index contributed by atoms with van der Waals surface area (Å²) in [7, 11) is 0. The zero-order chi connectivity index (χ0) is 22.5. The van der Waals surface area contributed by atoms with Crippen LogP contribution in [0.25, 0.3) is 31.9 Å². The summed E-state index contributed by atoms with van der Waals surface area (Å²) in [6.45, 7) is 1.86. The lowest BCUT2D eigenvalue weighted by Gasteiger charge is -2.22. The number of aromatic nitrogens is 4. The number of nitrogens with one attached hydrogen (secondary N) is 1. The highest BCUT2D eigenvalue weighted by molar-refractivity contribution is 7.21. The van der Waals surface area contributed by atoms with Gasteiger partial charge in [-0.15, -0.1) is 11.3 Å². The first-order valence-corrected chi connectivity index (χ1v) is 10.8. The topological polar surface area (TPSA) is 81.6 Å². The molecular formula is C21H18F4N6S. The summed E-state index contributed by atoms with van der Waals surface area (Å²) >= 11 is 0.819. The van der Waals surface area contributed by atoms with Crippen LogP contribution in [0.3, 0.4) is 0 Å². The van der Waals surface area contributed by atoms with Gasteiger partial charge < -0.3 is 11.1 Å². The van der Waals surface area contributed by atoms with Crippen molar-refractivity contribution >= 4 is 27.4 Å². The standard InChI is InChI=1S/C21H18F4N6S/c22-16-2-1-15(21(23,24)25)17-18(16)32-20(30-17)14-7-11(8-28-19(14)26)12-9-29-31(10-12)13-3-5-27-6-4-13/h1-2,7-10,13,27H,3-6H2,(H2,26,28). The molecule has 32 heavy (non-hydrogen) atoms. The van der Waals surface area contributed by atoms with E-state index >= 15 is 0 Å². The van der Waals surface area contributed by atoms with Crippen LogP contribution in [0, 0.1) is 5.82 Å². The molecule has 1 saturated heterocycles. The maximum Gasteiger partial charge on any atom is 0.418 e. The largest absolute Gasteiger partial charge is 0.418 e. The number of thiazole rings is 1. The molecule has 0 saturated carbocycles. The molecule has 6 nitrogen and oxygen atoms in total. The van der Waals surface area contributed by atoms with Crippen molar-refractivity contribution < 1.29 is 17.6 Å². The molecule has 1 aliphatic rings. The van der Waals surface area contributed by atoms with E-state index in [0.29, 0.717) is 23.2 Å². The van der Waals surface area contributed by atoms with E-state index in [2.05, 4.69) is 20.4 Å². The number of nitrogens with zero attached hydrogens (tertiary/aromatic N) is 4. The van der Waals surface area contributed by atoms with Gasteiger partial charge in [-0.05, 0) is 44.1 Å². The average Bonchev–Trinajstić information content (AvgIpc) is 3.42. The van der Waals surface area contributed by atoms with Crippen LogP contribution in [-0.2, 0) is 6.18 Å². The second-order valence-electron chi connectivity index (χ2n) is 7.64. The van der Waals surface area contributed by atoms with Gasteiger partial charge in [0, 0.05) is 23.5 Å². The second-order valence-corrected chi connectivity index (χ2v) is 8.64. The lowest BCUT2D eigenvalue weighted by molar-refractivity contribution is -0.136. The highest BCUT2D eigenvalue weighted by atomic mass is 32.1. The molecule has 0 unspecified atom stereocenters. The van der Waals surface area contributed by atoms with E-state index < -0.39 is 23.1 Å². The van der Waals surface area contributed by atoms with Crippen molar-refractivity contribution in [2.75, 3.05) is 18.8 Å². The summed E-state index contributed by atoms with van der Waals surface area (Å²) in [5.74, 6) is -0.657. The van der Waals surface area contributed by atoms with Crippen molar-refractivity contribution in [1.82, 2.24) is 25.1 Å². The van der Waals surface area contributed by atoms with E-state index in [0.717, 1.165) is 48.9 Å². The Hall–Kier alpha value is -3.05. The first-order valence-electron chi connectivity index (χ1n) is 9.98.